The van der Waals surface area contributed by atoms with Crippen LogP contribution in [0.4, 0.5) is 4.79 Å². The molecular formula is C10H22N2O3. The number of nitrogens with zero attached hydrogens (tertiary/aromatic N) is 1. The molecule has 15 heavy (non-hydrogen) atoms. The van der Waals surface area contributed by atoms with Gasteiger partial charge in [0, 0.05) is 0 Å². The fraction of sp³-hybridized carbons (Fsp3) is 0.900. The smallest absolute Gasteiger partial charge is 0.426 e. The maximum atomic E-state index is 11.4. The molecule has 0 aliphatic heterocycles. The summed E-state index contributed by atoms with van der Waals surface area (Å²) in [5.74, 6) is 5.42. The molecule has 0 spiro atoms. The molecule has 0 bridgehead atoms. The van der Waals surface area contributed by atoms with Crippen molar-refractivity contribution in [2.24, 2.45) is 5.84 Å². The minimum atomic E-state index is -0.972. The summed E-state index contributed by atoms with van der Waals surface area (Å²) in [7, 11) is 0. The Hall–Kier alpha value is -0.810. The van der Waals surface area contributed by atoms with Gasteiger partial charge in [-0.15, -0.1) is 0 Å². The highest BCUT2D eigenvalue weighted by molar-refractivity contribution is 5.67. The predicted octanol–water partition coefficient (Wildman–Crippen LogP) is 1.61. The molecule has 0 fully saturated rings. The lowest BCUT2D eigenvalue weighted by Gasteiger charge is -2.27. The highest BCUT2D eigenvalue weighted by Gasteiger charge is 2.24. The summed E-state index contributed by atoms with van der Waals surface area (Å²) in [6.07, 6.45) is 0.550. The van der Waals surface area contributed by atoms with Crippen molar-refractivity contribution in [3.05, 3.63) is 0 Å². The zero-order valence-electron chi connectivity index (χ0n) is 9.99. The average Bonchev–Trinajstić information content (AvgIpc) is 2.10. The zero-order valence-corrected chi connectivity index (χ0v) is 9.99. The van der Waals surface area contributed by atoms with Gasteiger partial charge in [0.1, 0.15) is 11.8 Å². The van der Waals surface area contributed by atoms with E-state index in [0.29, 0.717) is 6.42 Å². The van der Waals surface area contributed by atoms with E-state index in [4.69, 9.17) is 10.6 Å². The van der Waals surface area contributed by atoms with Crippen molar-refractivity contribution in [1.82, 2.24) is 5.01 Å². The highest BCUT2D eigenvalue weighted by atomic mass is 16.6. The van der Waals surface area contributed by atoms with Crippen molar-refractivity contribution in [2.45, 2.75) is 58.8 Å². The molecule has 0 aliphatic carbocycles. The molecule has 1 amide bonds. The van der Waals surface area contributed by atoms with Crippen LogP contribution in [-0.4, -0.2) is 28.0 Å². The van der Waals surface area contributed by atoms with Crippen LogP contribution in [0.1, 0.15) is 47.0 Å². The number of ether oxygens (including phenoxy) is 1. The van der Waals surface area contributed by atoms with E-state index in [9.17, 15) is 9.90 Å². The van der Waals surface area contributed by atoms with E-state index < -0.39 is 17.9 Å². The fourth-order valence-corrected chi connectivity index (χ4v) is 0.962. The van der Waals surface area contributed by atoms with Gasteiger partial charge in [-0.05, 0) is 33.6 Å². The number of rotatable bonds is 4. The molecule has 0 saturated heterocycles. The predicted molar refractivity (Wildman–Crippen MR) is 57.8 cm³/mol. The maximum absolute atomic E-state index is 11.4. The standard InChI is InChI=1S/C10H22N2O3/c1-5-6-7-8(13)12(11)9(14)15-10(2,3)4/h8,13H,5-7,11H2,1-4H3. The Labute approximate surface area is 91.2 Å². The van der Waals surface area contributed by atoms with Crippen LogP contribution in [0.2, 0.25) is 0 Å². The van der Waals surface area contributed by atoms with Crippen LogP contribution in [0.25, 0.3) is 0 Å². The fourth-order valence-electron chi connectivity index (χ4n) is 0.962. The number of nitrogens with two attached hydrogens (primary N) is 1. The van der Waals surface area contributed by atoms with Crippen molar-refractivity contribution in [3.8, 4) is 0 Å². The molecule has 1 unspecified atom stereocenters. The van der Waals surface area contributed by atoms with Gasteiger partial charge in [0.2, 0.25) is 0 Å². The van der Waals surface area contributed by atoms with Gasteiger partial charge in [0.15, 0.2) is 0 Å². The monoisotopic (exact) mass is 218 g/mol. The molecule has 0 aliphatic rings. The van der Waals surface area contributed by atoms with Crippen LogP contribution >= 0.6 is 0 Å². The van der Waals surface area contributed by atoms with Crippen LogP contribution in [0.5, 0.6) is 0 Å². The molecule has 0 radical (unpaired) electrons. The van der Waals surface area contributed by atoms with E-state index in [0.717, 1.165) is 17.9 Å². The second-order valence-corrected chi connectivity index (χ2v) is 4.51. The largest absolute Gasteiger partial charge is 0.443 e. The number of carbonyl (C=O) groups excluding carboxylic acids is 1. The Balaban J connectivity index is 4.08. The number of carbonyl (C=O) groups is 1. The summed E-state index contributed by atoms with van der Waals surface area (Å²) < 4.78 is 5.00. The first kappa shape index (κ1) is 14.2. The van der Waals surface area contributed by atoms with Crippen molar-refractivity contribution >= 4 is 6.09 Å². The number of aliphatic hydroxyl groups excluding tert-OH is 1. The van der Waals surface area contributed by atoms with E-state index in [1.54, 1.807) is 20.8 Å². The summed E-state index contributed by atoms with van der Waals surface area (Å²) in [4.78, 5) is 11.4. The number of unbranched alkanes of at least 4 members (excludes halogenated alkanes) is 1. The van der Waals surface area contributed by atoms with Crippen molar-refractivity contribution < 1.29 is 14.6 Å². The Kier molecular flexibility index (Phi) is 5.60. The third kappa shape index (κ3) is 6.30. The lowest BCUT2D eigenvalue weighted by atomic mass is 10.2. The van der Waals surface area contributed by atoms with Crippen LogP contribution in [0.3, 0.4) is 0 Å². The molecule has 0 rings (SSSR count). The molecular weight excluding hydrogens is 196 g/mol. The SMILES string of the molecule is CCCCC(O)N(N)C(=O)OC(C)(C)C. The van der Waals surface area contributed by atoms with E-state index >= 15 is 0 Å². The maximum Gasteiger partial charge on any atom is 0.426 e. The van der Waals surface area contributed by atoms with Gasteiger partial charge >= 0.3 is 6.09 Å². The number of hydrogen-bond donors (Lipinski definition) is 2. The topological polar surface area (TPSA) is 75.8 Å². The minimum Gasteiger partial charge on any atom is -0.443 e. The first-order valence-electron chi connectivity index (χ1n) is 5.23. The molecule has 3 N–H and O–H groups in total. The number of hydrogen-bond acceptors (Lipinski definition) is 4. The molecule has 0 aromatic heterocycles. The van der Waals surface area contributed by atoms with Crippen molar-refractivity contribution in [1.29, 1.82) is 0 Å². The Morgan fingerprint density at radius 1 is 1.53 bits per heavy atom. The van der Waals surface area contributed by atoms with Crippen molar-refractivity contribution in [3.63, 3.8) is 0 Å². The molecule has 0 aromatic rings. The van der Waals surface area contributed by atoms with Gasteiger partial charge in [-0.1, -0.05) is 13.3 Å². The Bertz CT molecular complexity index is 201. The Morgan fingerprint density at radius 3 is 2.47 bits per heavy atom. The molecule has 0 aromatic carbocycles. The van der Waals surface area contributed by atoms with E-state index in [1.165, 1.54) is 0 Å². The quantitative estimate of drug-likeness (QED) is 0.325. The lowest BCUT2D eigenvalue weighted by molar-refractivity contribution is -0.0345. The van der Waals surface area contributed by atoms with E-state index in [1.807, 2.05) is 6.92 Å². The van der Waals surface area contributed by atoms with Crippen molar-refractivity contribution in [2.75, 3.05) is 0 Å². The van der Waals surface area contributed by atoms with Crippen LogP contribution < -0.4 is 5.84 Å². The summed E-state index contributed by atoms with van der Waals surface area (Å²) >= 11 is 0. The molecule has 0 heterocycles. The van der Waals surface area contributed by atoms with Gasteiger partial charge in [0.25, 0.3) is 0 Å². The van der Waals surface area contributed by atoms with Gasteiger partial charge < -0.3 is 9.84 Å². The first-order valence-corrected chi connectivity index (χ1v) is 5.23. The van der Waals surface area contributed by atoms with Gasteiger partial charge in [0.05, 0.1) is 0 Å². The molecule has 5 nitrogen and oxygen atoms in total. The van der Waals surface area contributed by atoms with Gasteiger partial charge in [-0.25, -0.2) is 15.6 Å². The number of amides is 1. The minimum absolute atomic E-state index is 0.465. The number of hydrazine groups is 1. The lowest BCUT2D eigenvalue weighted by Crippen LogP contribution is -2.47. The second-order valence-electron chi connectivity index (χ2n) is 4.51. The molecule has 0 saturated carbocycles. The number of aliphatic hydroxyl groups is 1. The van der Waals surface area contributed by atoms with Gasteiger partial charge in [-0.2, -0.15) is 0 Å². The molecule has 1 atom stereocenters. The summed E-state index contributed by atoms with van der Waals surface area (Å²) in [6, 6.07) is 0. The normalized spacial score (nSPS) is 13.5. The Morgan fingerprint density at radius 2 is 2.07 bits per heavy atom. The average molecular weight is 218 g/mol. The highest BCUT2D eigenvalue weighted by Crippen LogP contribution is 2.11. The molecule has 5 heteroatoms. The zero-order chi connectivity index (χ0) is 12.1. The molecule has 90 valence electrons. The van der Waals surface area contributed by atoms with E-state index in [2.05, 4.69) is 0 Å². The summed E-state index contributed by atoms with van der Waals surface area (Å²) in [5, 5.41) is 10.3. The van der Waals surface area contributed by atoms with Gasteiger partial charge in [-0.3, -0.25) is 0 Å². The van der Waals surface area contributed by atoms with Crippen LogP contribution in [0, 0.1) is 0 Å². The van der Waals surface area contributed by atoms with Crippen LogP contribution in [-0.2, 0) is 4.74 Å². The first-order chi connectivity index (χ1) is 6.78. The third-order valence-electron chi connectivity index (χ3n) is 1.74. The third-order valence-corrected chi connectivity index (χ3v) is 1.74. The van der Waals surface area contributed by atoms with E-state index in [-0.39, 0.29) is 0 Å². The van der Waals surface area contributed by atoms with Crippen LogP contribution in [0.15, 0.2) is 0 Å². The summed E-state index contributed by atoms with van der Waals surface area (Å²) in [5.41, 5.74) is -0.598. The second kappa shape index (κ2) is 5.92. The summed E-state index contributed by atoms with van der Waals surface area (Å²) in [6.45, 7) is 7.24.